The zero-order chi connectivity index (χ0) is 16.1. The number of aryl methyl sites for hydroxylation is 1. The molecule has 0 saturated carbocycles. The number of carbonyl (C=O) groups excluding carboxylic acids is 1. The van der Waals surface area contributed by atoms with Crippen molar-refractivity contribution in [2.24, 2.45) is 0 Å². The molecule has 23 heavy (non-hydrogen) atoms. The monoisotopic (exact) mass is 309 g/mol. The fraction of sp³-hybridized carbons (Fsp3) is 0.125. The Morgan fingerprint density at radius 1 is 1.30 bits per heavy atom. The molecule has 7 nitrogen and oxygen atoms in total. The van der Waals surface area contributed by atoms with Crippen LogP contribution in [0.4, 0.5) is 5.82 Å². The zero-order valence-corrected chi connectivity index (χ0v) is 12.5. The third-order valence-corrected chi connectivity index (χ3v) is 3.14. The summed E-state index contributed by atoms with van der Waals surface area (Å²) in [6.07, 6.45) is 6.41. The van der Waals surface area contributed by atoms with Crippen LogP contribution in [0, 0.1) is 6.92 Å². The van der Waals surface area contributed by atoms with E-state index in [9.17, 15) is 4.79 Å². The first-order chi connectivity index (χ1) is 11.2. The van der Waals surface area contributed by atoms with Crippen LogP contribution in [0.3, 0.4) is 0 Å². The Kier molecular flexibility index (Phi) is 4.28. The highest BCUT2D eigenvalue weighted by molar-refractivity contribution is 5.91. The predicted molar refractivity (Wildman–Crippen MR) is 84.5 cm³/mol. The second-order valence-corrected chi connectivity index (χ2v) is 4.83. The van der Waals surface area contributed by atoms with Crippen LogP contribution in [-0.4, -0.2) is 32.0 Å². The van der Waals surface area contributed by atoms with E-state index in [-0.39, 0.29) is 12.5 Å². The summed E-state index contributed by atoms with van der Waals surface area (Å²) < 4.78 is 7.23. The summed E-state index contributed by atoms with van der Waals surface area (Å²) in [5.74, 6) is 1.42. The topological polar surface area (TPSA) is 81.9 Å². The van der Waals surface area contributed by atoms with Crippen LogP contribution < -0.4 is 10.1 Å². The van der Waals surface area contributed by atoms with Gasteiger partial charge in [-0.1, -0.05) is 18.2 Å². The minimum atomic E-state index is -0.288. The number of nitrogens with one attached hydrogen (secondary N) is 1. The quantitative estimate of drug-likeness (QED) is 0.779. The van der Waals surface area contributed by atoms with E-state index in [0.717, 1.165) is 5.56 Å². The molecule has 0 bridgehead atoms. The first-order valence-electron chi connectivity index (χ1n) is 7.01. The highest BCUT2D eigenvalue weighted by Gasteiger charge is 2.07. The van der Waals surface area contributed by atoms with Crippen molar-refractivity contribution in [3.63, 3.8) is 0 Å². The van der Waals surface area contributed by atoms with Crippen LogP contribution in [0.1, 0.15) is 5.56 Å². The number of para-hydroxylation sites is 1. The molecule has 2 heterocycles. The Morgan fingerprint density at radius 3 is 2.96 bits per heavy atom. The second-order valence-electron chi connectivity index (χ2n) is 4.83. The van der Waals surface area contributed by atoms with Gasteiger partial charge in [-0.05, 0) is 18.6 Å². The molecule has 0 aliphatic carbocycles. The summed E-state index contributed by atoms with van der Waals surface area (Å²) >= 11 is 0. The normalized spacial score (nSPS) is 10.3. The molecule has 3 aromatic rings. The van der Waals surface area contributed by atoms with Gasteiger partial charge < -0.3 is 10.1 Å². The van der Waals surface area contributed by atoms with E-state index in [1.165, 1.54) is 6.33 Å². The molecular formula is C16H15N5O2. The molecule has 0 atom stereocenters. The van der Waals surface area contributed by atoms with Gasteiger partial charge in [-0.3, -0.25) is 9.36 Å². The maximum absolute atomic E-state index is 12.0. The summed E-state index contributed by atoms with van der Waals surface area (Å²) in [7, 11) is 0. The first-order valence-corrected chi connectivity index (χ1v) is 7.01. The SMILES string of the molecule is Cc1ccccc1OCC(=O)Nc1cc(-n2ccnc2)ncn1. The summed E-state index contributed by atoms with van der Waals surface area (Å²) in [6, 6.07) is 9.19. The fourth-order valence-electron chi connectivity index (χ4n) is 1.99. The number of rotatable bonds is 5. The number of aromatic nitrogens is 4. The van der Waals surface area contributed by atoms with E-state index in [0.29, 0.717) is 17.4 Å². The lowest BCUT2D eigenvalue weighted by molar-refractivity contribution is -0.118. The van der Waals surface area contributed by atoms with Crippen molar-refractivity contribution in [2.45, 2.75) is 6.92 Å². The Bertz CT molecular complexity index is 802. The van der Waals surface area contributed by atoms with Gasteiger partial charge in [0.05, 0.1) is 0 Å². The molecule has 116 valence electrons. The molecule has 1 amide bonds. The van der Waals surface area contributed by atoms with Crippen LogP contribution in [0.15, 0.2) is 55.4 Å². The lowest BCUT2D eigenvalue weighted by Crippen LogP contribution is -2.21. The minimum Gasteiger partial charge on any atom is -0.483 e. The largest absolute Gasteiger partial charge is 0.483 e. The number of ether oxygens (including phenoxy) is 1. The Morgan fingerprint density at radius 2 is 2.17 bits per heavy atom. The van der Waals surface area contributed by atoms with E-state index >= 15 is 0 Å². The molecule has 1 aromatic carbocycles. The summed E-state index contributed by atoms with van der Waals surface area (Å²) in [6.45, 7) is 1.84. The molecule has 2 aromatic heterocycles. The predicted octanol–water partition coefficient (Wildman–Crippen LogP) is 1.99. The molecule has 0 fully saturated rings. The number of hydrogen-bond donors (Lipinski definition) is 1. The molecule has 7 heteroatoms. The maximum atomic E-state index is 12.0. The molecule has 1 N–H and O–H groups in total. The molecular weight excluding hydrogens is 294 g/mol. The standard InChI is InChI=1S/C16H15N5O2/c1-12-4-2-3-5-13(12)23-9-16(22)20-14-8-15(19-10-18-14)21-7-6-17-11-21/h2-8,10-11H,9H2,1H3,(H,18,19,20,22). The van der Waals surface area contributed by atoms with Crippen LogP contribution in [-0.2, 0) is 4.79 Å². The van der Waals surface area contributed by atoms with Crippen molar-refractivity contribution < 1.29 is 9.53 Å². The number of amides is 1. The smallest absolute Gasteiger partial charge is 0.263 e. The van der Waals surface area contributed by atoms with Crippen molar-refractivity contribution >= 4 is 11.7 Å². The first kappa shape index (κ1) is 14.7. The number of carbonyl (C=O) groups is 1. The number of anilines is 1. The summed E-state index contributed by atoms with van der Waals surface area (Å²) in [4.78, 5) is 24.1. The van der Waals surface area contributed by atoms with Crippen molar-refractivity contribution in [3.8, 4) is 11.6 Å². The van der Waals surface area contributed by atoms with Crippen LogP contribution >= 0.6 is 0 Å². The lowest BCUT2D eigenvalue weighted by Gasteiger charge is -2.09. The Hall–Kier alpha value is -3.22. The molecule has 0 aliphatic rings. The van der Waals surface area contributed by atoms with Crippen LogP contribution in [0.25, 0.3) is 5.82 Å². The lowest BCUT2D eigenvalue weighted by atomic mass is 10.2. The van der Waals surface area contributed by atoms with Crippen LogP contribution in [0.5, 0.6) is 5.75 Å². The molecule has 0 radical (unpaired) electrons. The number of imidazole rings is 1. The maximum Gasteiger partial charge on any atom is 0.263 e. The Labute approximate surface area is 133 Å². The van der Waals surface area contributed by atoms with E-state index < -0.39 is 0 Å². The molecule has 0 saturated heterocycles. The molecule has 3 rings (SSSR count). The van der Waals surface area contributed by atoms with E-state index in [1.54, 1.807) is 29.4 Å². The highest BCUT2D eigenvalue weighted by atomic mass is 16.5. The van der Waals surface area contributed by atoms with Gasteiger partial charge in [0.15, 0.2) is 6.61 Å². The second kappa shape index (κ2) is 6.69. The third-order valence-electron chi connectivity index (χ3n) is 3.14. The average Bonchev–Trinajstić information content (AvgIpc) is 3.09. The fourth-order valence-corrected chi connectivity index (χ4v) is 1.99. The van der Waals surface area contributed by atoms with Gasteiger partial charge in [-0.2, -0.15) is 0 Å². The molecule has 0 aliphatic heterocycles. The van der Waals surface area contributed by atoms with Gasteiger partial charge in [0.25, 0.3) is 5.91 Å². The van der Waals surface area contributed by atoms with E-state index in [2.05, 4.69) is 20.3 Å². The van der Waals surface area contributed by atoms with Crippen LogP contribution in [0.2, 0.25) is 0 Å². The van der Waals surface area contributed by atoms with Crippen molar-refractivity contribution in [1.82, 2.24) is 19.5 Å². The average molecular weight is 309 g/mol. The van der Waals surface area contributed by atoms with Gasteiger partial charge in [0.2, 0.25) is 0 Å². The zero-order valence-electron chi connectivity index (χ0n) is 12.5. The molecule has 0 spiro atoms. The summed E-state index contributed by atoms with van der Waals surface area (Å²) in [5.41, 5.74) is 0.977. The summed E-state index contributed by atoms with van der Waals surface area (Å²) in [5, 5.41) is 2.69. The third kappa shape index (κ3) is 3.70. The van der Waals surface area contributed by atoms with Crippen molar-refractivity contribution in [3.05, 3.63) is 60.9 Å². The molecule has 0 unspecified atom stereocenters. The van der Waals surface area contributed by atoms with Crippen molar-refractivity contribution in [1.29, 1.82) is 0 Å². The Balaban J connectivity index is 1.62. The van der Waals surface area contributed by atoms with E-state index in [4.69, 9.17) is 4.74 Å². The van der Waals surface area contributed by atoms with E-state index in [1.807, 2.05) is 31.2 Å². The number of nitrogens with zero attached hydrogens (tertiary/aromatic N) is 4. The van der Waals surface area contributed by atoms with Gasteiger partial charge in [0.1, 0.15) is 30.0 Å². The highest BCUT2D eigenvalue weighted by Crippen LogP contribution is 2.16. The number of benzene rings is 1. The number of hydrogen-bond acceptors (Lipinski definition) is 5. The minimum absolute atomic E-state index is 0.0880. The van der Waals surface area contributed by atoms with Gasteiger partial charge >= 0.3 is 0 Å². The van der Waals surface area contributed by atoms with Gasteiger partial charge in [0, 0.05) is 18.5 Å². The van der Waals surface area contributed by atoms with Gasteiger partial charge in [-0.25, -0.2) is 15.0 Å². The van der Waals surface area contributed by atoms with Crippen molar-refractivity contribution in [2.75, 3.05) is 11.9 Å². The van der Waals surface area contributed by atoms with Gasteiger partial charge in [-0.15, -0.1) is 0 Å².